The van der Waals surface area contributed by atoms with E-state index in [-0.39, 0.29) is 0 Å². The van der Waals surface area contributed by atoms with Crippen LogP contribution in [-0.2, 0) is 0 Å². The van der Waals surface area contributed by atoms with Crippen LogP contribution < -0.4 is 25.1 Å². The first kappa shape index (κ1) is 19.8. The Labute approximate surface area is 156 Å². The molecule has 0 atom stereocenters. The number of rotatable bonds is 8. The summed E-state index contributed by atoms with van der Waals surface area (Å²) in [7, 11) is 4.87. The Hall–Kier alpha value is -2.56. The lowest BCUT2D eigenvalue weighted by Crippen LogP contribution is -2.15. The number of hydrogen-bond donors (Lipinski definition) is 2. The van der Waals surface area contributed by atoms with Crippen molar-refractivity contribution in [1.82, 2.24) is 0 Å². The molecule has 2 aromatic carbocycles. The second kappa shape index (κ2) is 8.70. The van der Waals surface area contributed by atoms with E-state index in [4.69, 9.17) is 14.2 Å². The van der Waals surface area contributed by atoms with Gasteiger partial charge in [-0.1, -0.05) is 45.9 Å². The molecule has 0 saturated heterocycles. The van der Waals surface area contributed by atoms with Crippen LogP contribution in [0.2, 0.25) is 0 Å². The summed E-state index contributed by atoms with van der Waals surface area (Å²) in [5.41, 5.74) is 11.0. The van der Waals surface area contributed by atoms with Gasteiger partial charge in [0.2, 0.25) is 0 Å². The molecule has 142 valence electrons. The fourth-order valence-electron chi connectivity index (χ4n) is 2.95. The maximum Gasteiger partial charge on any atom is 0.151 e. The molecular formula is C21H30N2O3. The van der Waals surface area contributed by atoms with Crippen LogP contribution in [0.25, 0.3) is 0 Å². The van der Waals surface area contributed by atoms with E-state index in [9.17, 15) is 0 Å². The molecule has 2 rings (SSSR count). The number of nitrogens with one attached hydrogen (secondary N) is 2. The molecule has 0 unspecified atom stereocenters. The fourth-order valence-corrected chi connectivity index (χ4v) is 2.95. The van der Waals surface area contributed by atoms with E-state index in [0.29, 0.717) is 29.1 Å². The van der Waals surface area contributed by atoms with Gasteiger partial charge in [0.25, 0.3) is 0 Å². The van der Waals surface area contributed by atoms with Crippen LogP contribution in [0.4, 0.5) is 11.4 Å². The number of hydrogen-bond acceptors (Lipinski definition) is 5. The van der Waals surface area contributed by atoms with Crippen LogP contribution in [0.1, 0.15) is 50.7 Å². The largest absolute Gasteiger partial charge is 0.496 e. The Bertz CT molecular complexity index is 691. The van der Waals surface area contributed by atoms with E-state index in [1.807, 2.05) is 12.1 Å². The summed E-state index contributed by atoms with van der Waals surface area (Å²) < 4.78 is 16.3. The standard InChI is InChI=1S/C21H30N2O3/c1-13(2)16-9-8-10-17(14(3)4)20(16)22-23-21-18(25-6)11-15(24-5)12-19(21)26-7/h8-14,22-23H,1-7H3. The summed E-state index contributed by atoms with van der Waals surface area (Å²) in [5.74, 6) is 2.76. The van der Waals surface area contributed by atoms with Crippen molar-refractivity contribution in [2.45, 2.75) is 39.5 Å². The van der Waals surface area contributed by atoms with Gasteiger partial charge in [0.15, 0.2) is 11.5 Å². The monoisotopic (exact) mass is 358 g/mol. The highest BCUT2D eigenvalue weighted by Gasteiger charge is 2.17. The minimum atomic E-state index is 0.401. The van der Waals surface area contributed by atoms with Gasteiger partial charge < -0.3 is 19.6 Å². The summed E-state index contributed by atoms with van der Waals surface area (Å²) in [5, 5.41) is 0. The lowest BCUT2D eigenvalue weighted by atomic mass is 9.93. The Balaban J connectivity index is 2.43. The predicted octanol–water partition coefficient (Wildman–Crippen LogP) is 5.40. The Morgan fingerprint density at radius 1 is 0.692 bits per heavy atom. The van der Waals surface area contributed by atoms with Crippen LogP contribution in [0.5, 0.6) is 17.2 Å². The van der Waals surface area contributed by atoms with E-state index in [0.717, 1.165) is 11.4 Å². The van der Waals surface area contributed by atoms with Gasteiger partial charge in [-0.05, 0) is 23.0 Å². The van der Waals surface area contributed by atoms with E-state index in [1.54, 1.807) is 21.3 Å². The lowest BCUT2D eigenvalue weighted by Gasteiger charge is -2.23. The quantitative estimate of drug-likeness (QED) is 0.619. The van der Waals surface area contributed by atoms with Crippen molar-refractivity contribution < 1.29 is 14.2 Å². The van der Waals surface area contributed by atoms with Crippen LogP contribution in [-0.4, -0.2) is 21.3 Å². The van der Waals surface area contributed by atoms with Crippen molar-refractivity contribution in [2.24, 2.45) is 0 Å². The molecule has 0 spiro atoms. The van der Waals surface area contributed by atoms with Crippen LogP contribution in [0, 0.1) is 0 Å². The summed E-state index contributed by atoms with van der Waals surface area (Å²) in [6.07, 6.45) is 0. The summed E-state index contributed by atoms with van der Waals surface area (Å²) >= 11 is 0. The topological polar surface area (TPSA) is 51.8 Å². The molecule has 5 nitrogen and oxygen atoms in total. The highest BCUT2D eigenvalue weighted by Crippen LogP contribution is 2.40. The molecule has 0 heterocycles. The molecule has 0 bridgehead atoms. The Kier molecular flexibility index (Phi) is 6.61. The maximum absolute atomic E-state index is 5.51. The maximum atomic E-state index is 5.51. The molecule has 0 aliphatic heterocycles. The lowest BCUT2D eigenvalue weighted by molar-refractivity contribution is 0.378. The number of anilines is 2. The Morgan fingerprint density at radius 3 is 1.54 bits per heavy atom. The molecule has 2 aromatic rings. The van der Waals surface area contributed by atoms with Gasteiger partial charge in [-0.2, -0.15) is 0 Å². The highest BCUT2D eigenvalue weighted by atomic mass is 16.5. The third-order valence-electron chi connectivity index (χ3n) is 4.40. The van der Waals surface area contributed by atoms with Crippen LogP contribution in [0.15, 0.2) is 30.3 Å². The van der Waals surface area contributed by atoms with Crippen molar-refractivity contribution in [1.29, 1.82) is 0 Å². The van der Waals surface area contributed by atoms with Crippen molar-refractivity contribution in [3.05, 3.63) is 41.5 Å². The van der Waals surface area contributed by atoms with Gasteiger partial charge in [-0.3, -0.25) is 5.43 Å². The smallest absolute Gasteiger partial charge is 0.151 e. The zero-order valence-electron chi connectivity index (χ0n) is 16.8. The number of ether oxygens (including phenoxy) is 3. The van der Waals surface area contributed by atoms with Crippen LogP contribution >= 0.6 is 0 Å². The minimum absolute atomic E-state index is 0.401. The SMILES string of the molecule is COc1cc(OC)c(NNc2c(C(C)C)cccc2C(C)C)c(OC)c1. The zero-order chi connectivity index (χ0) is 19.3. The molecular weight excluding hydrogens is 328 g/mol. The van der Waals surface area contributed by atoms with Gasteiger partial charge in [0.1, 0.15) is 11.4 Å². The molecule has 0 radical (unpaired) electrons. The van der Waals surface area contributed by atoms with Crippen molar-refractivity contribution in [2.75, 3.05) is 32.2 Å². The second-order valence-corrected chi connectivity index (χ2v) is 6.78. The zero-order valence-corrected chi connectivity index (χ0v) is 16.8. The first-order chi connectivity index (χ1) is 12.4. The average molecular weight is 358 g/mol. The van der Waals surface area contributed by atoms with Crippen LogP contribution in [0.3, 0.4) is 0 Å². The summed E-state index contributed by atoms with van der Waals surface area (Å²) in [4.78, 5) is 0. The number of hydrazine groups is 1. The third kappa shape index (κ3) is 4.15. The predicted molar refractivity (Wildman–Crippen MR) is 108 cm³/mol. The fraction of sp³-hybridized carbons (Fsp3) is 0.429. The van der Waals surface area contributed by atoms with Gasteiger partial charge >= 0.3 is 0 Å². The van der Waals surface area contributed by atoms with E-state index in [2.05, 4.69) is 56.7 Å². The van der Waals surface area contributed by atoms with Crippen molar-refractivity contribution in [3.63, 3.8) is 0 Å². The van der Waals surface area contributed by atoms with Gasteiger partial charge in [0.05, 0.1) is 27.0 Å². The van der Waals surface area contributed by atoms with E-state index < -0.39 is 0 Å². The Morgan fingerprint density at radius 2 is 1.15 bits per heavy atom. The van der Waals surface area contributed by atoms with E-state index in [1.165, 1.54) is 11.1 Å². The van der Waals surface area contributed by atoms with Crippen molar-refractivity contribution in [3.8, 4) is 17.2 Å². The second-order valence-electron chi connectivity index (χ2n) is 6.78. The molecule has 0 amide bonds. The molecule has 0 aliphatic rings. The number of methoxy groups -OCH3 is 3. The normalized spacial score (nSPS) is 10.8. The molecule has 26 heavy (non-hydrogen) atoms. The first-order valence-corrected chi connectivity index (χ1v) is 8.87. The minimum Gasteiger partial charge on any atom is -0.496 e. The van der Waals surface area contributed by atoms with Crippen molar-refractivity contribution >= 4 is 11.4 Å². The average Bonchev–Trinajstić information content (AvgIpc) is 2.64. The highest BCUT2D eigenvalue weighted by molar-refractivity contribution is 5.72. The molecule has 0 aliphatic carbocycles. The third-order valence-corrected chi connectivity index (χ3v) is 4.40. The number of para-hydroxylation sites is 1. The van der Waals surface area contributed by atoms with Gasteiger partial charge in [0, 0.05) is 12.1 Å². The number of benzene rings is 2. The van der Waals surface area contributed by atoms with E-state index >= 15 is 0 Å². The van der Waals surface area contributed by atoms with Gasteiger partial charge in [-0.15, -0.1) is 0 Å². The molecule has 5 heteroatoms. The summed E-state index contributed by atoms with van der Waals surface area (Å²) in [6, 6.07) is 10.1. The molecule has 0 saturated carbocycles. The first-order valence-electron chi connectivity index (χ1n) is 8.87. The molecule has 0 aromatic heterocycles. The summed E-state index contributed by atoms with van der Waals surface area (Å²) in [6.45, 7) is 8.77. The molecule has 0 fully saturated rings. The van der Waals surface area contributed by atoms with Gasteiger partial charge in [-0.25, -0.2) is 0 Å². The molecule has 2 N–H and O–H groups in total.